The Morgan fingerprint density at radius 2 is 1.90 bits per heavy atom. The van der Waals surface area contributed by atoms with Gasteiger partial charge in [0.1, 0.15) is 11.1 Å². The molecular weight excluding hydrogens is 368 g/mol. The Labute approximate surface area is 173 Å². The van der Waals surface area contributed by atoms with Crippen molar-refractivity contribution in [1.29, 1.82) is 0 Å². The summed E-state index contributed by atoms with van der Waals surface area (Å²) in [5.41, 5.74) is 1.37. The third-order valence-corrected chi connectivity index (χ3v) is 6.07. The predicted molar refractivity (Wildman–Crippen MR) is 111 cm³/mol. The van der Waals surface area contributed by atoms with Crippen LogP contribution in [0.1, 0.15) is 56.8 Å². The standard InChI is InChI=1S/C22H34N4O3/c1-21(2,3)29-20(28)26-10-8-22(9-11-26)12-16(13-22)14-24-19(27)17-6-7-18(23-4)25(5)15-17/h6-7,15-16H,8-14H2,1-5H3,(H,24,27). The van der Waals surface area contributed by atoms with E-state index in [-0.39, 0.29) is 12.0 Å². The SMILES string of the molecule is CN=c1ccc(C(=O)NCC2CC3(CCN(C(=O)OC(C)(C)C)CC3)C2)cn1C. The number of nitrogens with one attached hydrogen (secondary N) is 1. The average molecular weight is 403 g/mol. The molecule has 29 heavy (non-hydrogen) atoms. The maximum absolute atomic E-state index is 12.4. The summed E-state index contributed by atoms with van der Waals surface area (Å²) in [5, 5.41) is 3.07. The Kier molecular flexibility index (Phi) is 6.05. The second kappa shape index (κ2) is 8.20. The number of aromatic nitrogens is 1. The van der Waals surface area contributed by atoms with E-state index in [1.54, 1.807) is 7.05 Å². The first kappa shape index (κ1) is 21.4. The monoisotopic (exact) mass is 402 g/mol. The number of likely N-dealkylation sites (tertiary alicyclic amines) is 1. The number of aryl methyl sites for hydroxylation is 1. The summed E-state index contributed by atoms with van der Waals surface area (Å²) in [4.78, 5) is 30.6. The van der Waals surface area contributed by atoms with Crippen LogP contribution in [0.4, 0.5) is 4.79 Å². The van der Waals surface area contributed by atoms with Crippen molar-refractivity contribution in [3.05, 3.63) is 29.4 Å². The van der Waals surface area contributed by atoms with Crippen LogP contribution >= 0.6 is 0 Å². The number of ether oxygens (including phenoxy) is 1. The van der Waals surface area contributed by atoms with Crippen LogP contribution < -0.4 is 10.8 Å². The van der Waals surface area contributed by atoms with Crippen molar-refractivity contribution in [2.45, 2.75) is 52.1 Å². The lowest BCUT2D eigenvalue weighted by Crippen LogP contribution is -2.51. The number of hydrogen-bond donors (Lipinski definition) is 1. The highest BCUT2D eigenvalue weighted by Gasteiger charge is 2.46. The van der Waals surface area contributed by atoms with E-state index in [9.17, 15) is 9.59 Å². The predicted octanol–water partition coefficient (Wildman–Crippen LogP) is 2.71. The van der Waals surface area contributed by atoms with Crippen LogP contribution in [-0.2, 0) is 11.8 Å². The molecule has 7 nitrogen and oxygen atoms in total. The molecule has 1 aliphatic heterocycles. The maximum atomic E-state index is 12.4. The lowest BCUT2D eigenvalue weighted by atomic mass is 9.57. The second-order valence-corrected chi connectivity index (χ2v) is 9.56. The maximum Gasteiger partial charge on any atom is 0.410 e. The molecule has 1 aromatic rings. The van der Waals surface area contributed by atoms with E-state index < -0.39 is 5.60 Å². The summed E-state index contributed by atoms with van der Waals surface area (Å²) in [5.74, 6) is 0.481. The van der Waals surface area contributed by atoms with Crippen molar-refractivity contribution in [3.63, 3.8) is 0 Å². The Morgan fingerprint density at radius 3 is 2.45 bits per heavy atom. The normalized spacial score (nSPS) is 19.8. The Bertz CT molecular complexity index is 821. The first-order valence-corrected chi connectivity index (χ1v) is 10.5. The quantitative estimate of drug-likeness (QED) is 0.845. The van der Waals surface area contributed by atoms with Crippen LogP contribution in [0.3, 0.4) is 0 Å². The summed E-state index contributed by atoms with van der Waals surface area (Å²) >= 11 is 0. The molecule has 2 amide bonds. The van der Waals surface area contributed by atoms with E-state index in [0.717, 1.165) is 44.3 Å². The van der Waals surface area contributed by atoms with E-state index >= 15 is 0 Å². The fourth-order valence-electron chi connectivity index (χ4n) is 4.51. The number of rotatable bonds is 3. The summed E-state index contributed by atoms with van der Waals surface area (Å²) < 4.78 is 7.33. The fourth-order valence-corrected chi connectivity index (χ4v) is 4.51. The van der Waals surface area contributed by atoms with Gasteiger partial charge >= 0.3 is 6.09 Å². The molecule has 2 heterocycles. The molecule has 1 spiro atoms. The number of nitrogens with zero attached hydrogens (tertiary/aromatic N) is 3. The minimum absolute atomic E-state index is 0.0380. The number of carbonyl (C=O) groups excluding carboxylic acids is 2. The molecule has 7 heteroatoms. The van der Waals surface area contributed by atoms with Crippen LogP contribution in [-0.4, -0.2) is 53.8 Å². The number of pyridine rings is 1. The average Bonchev–Trinajstić information content (AvgIpc) is 2.63. The van der Waals surface area contributed by atoms with Gasteiger partial charge in [0.15, 0.2) is 0 Å². The molecule has 1 saturated heterocycles. The highest BCUT2D eigenvalue weighted by Crippen LogP contribution is 2.52. The highest BCUT2D eigenvalue weighted by atomic mass is 16.6. The zero-order valence-corrected chi connectivity index (χ0v) is 18.3. The van der Waals surface area contributed by atoms with Crippen molar-refractivity contribution in [2.24, 2.45) is 23.4 Å². The first-order valence-electron chi connectivity index (χ1n) is 10.5. The fraction of sp³-hybridized carbons (Fsp3) is 0.682. The van der Waals surface area contributed by atoms with Gasteiger partial charge < -0.3 is 19.5 Å². The number of piperidine rings is 1. The molecule has 1 aromatic heterocycles. The van der Waals surface area contributed by atoms with Crippen molar-refractivity contribution in [2.75, 3.05) is 26.7 Å². The Balaban J connectivity index is 1.42. The summed E-state index contributed by atoms with van der Waals surface area (Å²) in [6.07, 6.45) is 5.90. The lowest BCUT2D eigenvalue weighted by molar-refractivity contribution is -0.0265. The number of carbonyl (C=O) groups is 2. The van der Waals surface area contributed by atoms with Gasteiger partial charge in [0.25, 0.3) is 5.91 Å². The molecule has 2 aliphatic rings. The van der Waals surface area contributed by atoms with Crippen LogP contribution in [0, 0.1) is 11.3 Å². The van der Waals surface area contributed by atoms with Gasteiger partial charge in [0, 0.05) is 39.9 Å². The topological polar surface area (TPSA) is 75.9 Å². The Hall–Kier alpha value is -2.31. The smallest absolute Gasteiger partial charge is 0.410 e. The number of hydrogen-bond acceptors (Lipinski definition) is 4. The molecule has 2 fully saturated rings. The van der Waals surface area contributed by atoms with Gasteiger partial charge in [-0.3, -0.25) is 9.79 Å². The van der Waals surface area contributed by atoms with Crippen molar-refractivity contribution < 1.29 is 14.3 Å². The van der Waals surface area contributed by atoms with Gasteiger partial charge in [-0.25, -0.2) is 4.79 Å². The second-order valence-electron chi connectivity index (χ2n) is 9.56. The molecule has 0 bridgehead atoms. The summed E-state index contributed by atoms with van der Waals surface area (Å²) in [7, 11) is 3.62. The van der Waals surface area contributed by atoms with Gasteiger partial charge in [0.2, 0.25) is 0 Å². The van der Waals surface area contributed by atoms with Crippen LogP contribution in [0.15, 0.2) is 23.3 Å². The lowest BCUT2D eigenvalue weighted by Gasteiger charge is -2.52. The van der Waals surface area contributed by atoms with Gasteiger partial charge in [-0.05, 0) is 69.9 Å². The Morgan fingerprint density at radius 1 is 1.24 bits per heavy atom. The van der Waals surface area contributed by atoms with Crippen LogP contribution in [0.2, 0.25) is 0 Å². The van der Waals surface area contributed by atoms with Gasteiger partial charge in [0.05, 0.1) is 5.56 Å². The molecular formula is C22H34N4O3. The molecule has 0 atom stereocenters. The van der Waals surface area contributed by atoms with Crippen LogP contribution in [0.5, 0.6) is 0 Å². The van der Waals surface area contributed by atoms with Crippen molar-refractivity contribution in [1.82, 2.24) is 14.8 Å². The first-order chi connectivity index (χ1) is 13.6. The molecule has 0 aromatic carbocycles. The molecule has 3 rings (SSSR count). The molecule has 1 saturated carbocycles. The molecule has 0 unspecified atom stereocenters. The van der Waals surface area contributed by atoms with Gasteiger partial charge in [-0.1, -0.05) is 0 Å². The zero-order valence-electron chi connectivity index (χ0n) is 18.3. The van der Waals surface area contributed by atoms with Crippen molar-refractivity contribution >= 4 is 12.0 Å². The molecule has 1 aliphatic carbocycles. The minimum atomic E-state index is -0.450. The van der Waals surface area contributed by atoms with Gasteiger partial charge in [-0.15, -0.1) is 0 Å². The van der Waals surface area contributed by atoms with Gasteiger partial charge in [-0.2, -0.15) is 0 Å². The molecule has 1 N–H and O–H groups in total. The highest BCUT2D eigenvalue weighted by molar-refractivity contribution is 5.93. The van der Waals surface area contributed by atoms with E-state index in [1.165, 1.54) is 0 Å². The third kappa shape index (κ3) is 5.19. The zero-order chi connectivity index (χ0) is 21.2. The summed E-state index contributed by atoms with van der Waals surface area (Å²) in [6.45, 7) is 7.93. The van der Waals surface area contributed by atoms with Crippen molar-refractivity contribution in [3.8, 4) is 0 Å². The third-order valence-electron chi connectivity index (χ3n) is 6.07. The number of amides is 2. The van der Waals surface area contributed by atoms with Crippen LogP contribution in [0.25, 0.3) is 0 Å². The van der Waals surface area contributed by atoms with E-state index in [0.29, 0.717) is 23.4 Å². The molecule has 160 valence electrons. The largest absolute Gasteiger partial charge is 0.444 e. The molecule has 0 radical (unpaired) electrons. The van der Waals surface area contributed by atoms with E-state index in [2.05, 4.69) is 10.3 Å². The van der Waals surface area contributed by atoms with E-state index in [4.69, 9.17) is 4.74 Å². The van der Waals surface area contributed by atoms with E-state index in [1.807, 2.05) is 55.6 Å². The summed E-state index contributed by atoms with van der Waals surface area (Å²) in [6, 6.07) is 3.66. The minimum Gasteiger partial charge on any atom is -0.444 e.